The molecule has 2 rings (SSSR count). The number of ether oxygens (including phenoxy) is 2. The van der Waals surface area contributed by atoms with Crippen LogP contribution in [0.2, 0.25) is 0 Å². The number of halogens is 3. The standard InChI is InChI=1S/C11H13BF3O2/c13-12(14,15)10-1-3-11(4-2-10)17-8-9-5-6-16-7-9/h1-4,9H,5-8H2/q-1. The summed E-state index contributed by atoms with van der Waals surface area (Å²) in [5.74, 6) is 0.821. The molecule has 2 nitrogen and oxygen atoms in total. The third-order valence-electron chi connectivity index (χ3n) is 2.77. The average Bonchev–Trinajstić information content (AvgIpc) is 2.78. The maximum Gasteiger partial charge on any atom is 0.509 e. The minimum Gasteiger partial charge on any atom is -0.493 e. The fraction of sp³-hybridized carbons (Fsp3) is 0.455. The quantitative estimate of drug-likeness (QED) is 0.756. The van der Waals surface area contributed by atoms with Crippen LogP contribution < -0.4 is 10.2 Å². The van der Waals surface area contributed by atoms with Gasteiger partial charge < -0.3 is 22.4 Å². The van der Waals surface area contributed by atoms with E-state index in [1.807, 2.05) is 0 Å². The van der Waals surface area contributed by atoms with Gasteiger partial charge in [-0.1, -0.05) is 12.1 Å². The highest BCUT2D eigenvalue weighted by Gasteiger charge is 2.25. The molecule has 1 saturated heterocycles. The molecule has 0 aliphatic carbocycles. The van der Waals surface area contributed by atoms with Gasteiger partial charge in [0, 0.05) is 12.5 Å². The molecule has 0 aromatic heterocycles. The summed E-state index contributed by atoms with van der Waals surface area (Å²) in [6.45, 7) is -3.01. The lowest BCUT2D eigenvalue weighted by Gasteiger charge is -2.15. The van der Waals surface area contributed by atoms with Crippen molar-refractivity contribution in [3.63, 3.8) is 0 Å². The van der Waals surface area contributed by atoms with Gasteiger partial charge in [-0.05, 0) is 18.6 Å². The number of rotatable bonds is 4. The second kappa shape index (κ2) is 5.00. The van der Waals surface area contributed by atoms with Crippen molar-refractivity contribution >= 4 is 12.4 Å². The van der Waals surface area contributed by atoms with Crippen LogP contribution in [-0.4, -0.2) is 26.8 Å². The van der Waals surface area contributed by atoms with E-state index in [0.29, 0.717) is 24.9 Å². The van der Waals surface area contributed by atoms with E-state index < -0.39 is 12.4 Å². The molecule has 0 N–H and O–H groups in total. The minimum atomic E-state index is -4.92. The van der Waals surface area contributed by atoms with Crippen LogP contribution in [0.1, 0.15) is 6.42 Å². The predicted molar refractivity (Wildman–Crippen MR) is 59.6 cm³/mol. The van der Waals surface area contributed by atoms with Crippen molar-refractivity contribution in [2.45, 2.75) is 6.42 Å². The summed E-state index contributed by atoms with van der Waals surface area (Å²) in [4.78, 5) is 0. The first kappa shape index (κ1) is 12.3. The second-order valence-corrected chi connectivity index (χ2v) is 4.18. The highest BCUT2D eigenvalue weighted by Crippen LogP contribution is 2.17. The monoisotopic (exact) mass is 245 g/mol. The maximum absolute atomic E-state index is 12.4. The number of benzene rings is 1. The summed E-state index contributed by atoms with van der Waals surface area (Å²) < 4.78 is 47.7. The maximum atomic E-state index is 12.4. The van der Waals surface area contributed by atoms with E-state index in [1.54, 1.807) is 0 Å². The molecule has 17 heavy (non-hydrogen) atoms. The van der Waals surface area contributed by atoms with Crippen molar-refractivity contribution in [3.05, 3.63) is 24.3 Å². The SMILES string of the molecule is F[B-](F)(F)c1ccc(OCC2CCOC2)cc1. The van der Waals surface area contributed by atoms with E-state index in [4.69, 9.17) is 9.47 Å². The van der Waals surface area contributed by atoms with Gasteiger partial charge in [-0.3, -0.25) is 0 Å². The van der Waals surface area contributed by atoms with Gasteiger partial charge in [-0.15, -0.1) is 5.46 Å². The van der Waals surface area contributed by atoms with Gasteiger partial charge in [0.15, 0.2) is 0 Å². The van der Waals surface area contributed by atoms with Gasteiger partial charge in [0.2, 0.25) is 0 Å². The van der Waals surface area contributed by atoms with Crippen LogP contribution >= 0.6 is 0 Å². The first-order valence-electron chi connectivity index (χ1n) is 5.56. The van der Waals surface area contributed by atoms with Crippen molar-refractivity contribution in [3.8, 4) is 5.75 Å². The fourth-order valence-corrected chi connectivity index (χ4v) is 1.71. The Morgan fingerprint density at radius 3 is 2.47 bits per heavy atom. The Morgan fingerprint density at radius 1 is 1.24 bits per heavy atom. The Morgan fingerprint density at radius 2 is 1.94 bits per heavy atom. The zero-order chi connectivity index (χ0) is 12.3. The van der Waals surface area contributed by atoms with Crippen LogP contribution in [0, 0.1) is 5.92 Å². The van der Waals surface area contributed by atoms with Crippen molar-refractivity contribution in [2.24, 2.45) is 5.92 Å². The van der Waals surface area contributed by atoms with Crippen LogP contribution in [0.5, 0.6) is 5.75 Å². The van der Waals surface area contributed by atoms with E-state index in [1.165, 1.54) is 12.1 Å². The molecule has 1 atom stereocenters. The Hall–Kier alpha value is -1.17. The third kappa shape index (κ3) is 3.39. The van der Waals surface area contributed by atoms with Crippen LogP contribution in [0.4, 0.5) is 12.9 Å². The first-order valence-corrected chi connectivity index (χ1v) is 5.56. The average molecular weight is 245 g/mol. The Kier molecular flexibility index (Phi) is 3.62. The Bertz CT molecular complexity index is 358. The molecule has 1 aliphatic heterocycles. The van der Waals surface area contributed by atoms with E-state index in [2.05, 4.69) is 0 Å². The lowest BCUT2D eigenvalue weighted by Crippen LogP contribution is -2.33. The summed E-state index contributed by atoms with van der Waals surface area (Å²) in [7, 11) is 0. The van der Waals surface area contributed by atoms with E-state index >= 15 is 0 Å². The zero-order valence-corrected chi connectivity index (χ0v) is 9.24. The number of hydrogen-bond acceptors (Lipinski definition) is 2. The third-order valence-corrected chi connectivity index (χ3v) is 2.77. The summed E-state index contributed by atoms with van der Waals surface area (Å²) in [5.41, 5.74) is -0.596. The molecule has 94 valence electrons. The van der Waals surface area contributed by atoms with Gasteiger partial charge >= 0.3 is 6.98 Å². The Labute approximate surface area is 97.8 Å². The molecule has 1 heterocycles. The van der Waals surface area contributed by atoms with Crippen LogP contribution in [-0.2, 0) is 4.74 Å². The lowest BCUT2D eigenvalue weighted by molar-refractivity contribution is 0.167. The molecule has 0 radical (unpaired) electrons. The summed E-state index contributed by atoms with van der Waals surface area (Å²) >= 11 is 0. The molecule has 0 amide bonds. The molecule has 1 aliphatic rings. The molecule has 1 unspecified atom stereocenters. The summed E-state index contributed by atoms with van der Waals surface area (Å²) in [6, 6.07) is 4.84. The molecule has 6 heteroatoms. The Balaban J connectivity index is 1.89. The molecule has 1 aromatic rings. The van der Waals surface area contributed by atoms with Crippen LogP contribution in [0.25, 0.3) is 0 Å². The van der Waals surface area contributed by atoms with E-state index in [-0.39, 0.29) is 0 Å². The number of hydrogen-bond donors (Lipinski definition) is 0. The molecule has 0 saturated carbocycles. The predicted octanol–water partition coefficient (Wildman–Crippen LogP) is 2.16. The molecule has 1 fully saturated rings. The minimum absolute atomic E-state index is 0.349. The van der Waals surface area contributed by atoms with Crippen LogP contribution in [0.15, 0.2) is 24.3 Å². The summed E-state index contributed by atoms with van der Waals surface area (Å²) in [6.07, 6.45) is 0.948. The molecule has 1 aromatic carbocycles. The fourth-order valence-electron chi connectivity index (χ4n) is 1.71. The van der Waals surface area contributed by atoms with Gasteiger partial charge in [-0.25, -0.2) is 0 Å². The molecular weight excluding hydrogens is 232 g/mol. The smallest absolute Gasteiger partial charge is 0.493 e. The van der Waals surface area contributed by atoms with Crippen molar-refractivity contribution in [2.75, 3.05) is 19.8 Å². The second-order valence-electron chi connectivity index (χ2n) is 4.18. The van der Waals surface area contributed by atoms with Gasteiger partial charge in [0.25, 0.3) is 0 Å². The molecular formula is C11H13BF3O2-. The lowest BCUT2D eigenvalue weighted by atomic mass is 9.80. The first-order chi connectivity index (χ1) is 8.05. The van der Waals surface area contributed by atoms with Crippen molar-refractivity contribution in [1.29, 1.82) is 0 Å². The highest BCUT2D eigenvalue weighted by molar-refractivity contribution is 6.73. The molecule has 0 spiro atoms. The van der Waals surface area contributed by atoms with Gasteiger partial charge in [0.1, 0.15) is 5.75 Å². The largest absolute Gasteiger partial charge is 0.509 e. The van der Waals surface area contributed by atoms with E-state index in [9.17, 15) is 12.9 Å². The zero-order valence-electron chi connectivity index (χ0n) is 9.24. The van der Waals surface area contributed by atoms with E-state index in [0.717, 1.165) is 25.2 Å². The van der Waals surface area contributed by atoms with Crippen molar-refractivity contribution in [1.82, 2.24) is 0 Å². The van der Waals surface area contributed by atoms with Crippen LogP contribution in [0.3, 0.4) is 0 Å². The van der Waals surface area contributed by atoms with Gasteiger partial charge in [0.05, 0.1) is 13.2 Å². The van der Waals surface area contributed by atoms with Gasteiger partial charge in [-0.2, -0.15) is 0 Å². The highest BCUT2D eigenvalue weighted by atomic mass is 19.4. The normalized spacial score (nSPS) is 20.5. The summed E-state index contributed by atoms with van der Waals surface area (Å²) in [5, 5.41) is 0. The topological polar surface area (TPSA) is 18.5 Å². The molecule has 0 bridgehead atoms. The van der Waals surface area contributed by atoms with Crippen molar-refractivity contribution < 1.29 is 22.4 Å².